The summed E-state index contributed by atoms with van der Waals surface area (Å²) in [6.07, 6.45) is 3.10. The highest BCUT2D eigenvalue weighted by Gasteiger charge is 2.28. The van der Waals surface area contributed by atoms with Crippen LogP contribution in [0.1, 0.15) is 25.3 Å². The van der Waals surface area contributed by atoms with E-state index in [0.717, 1.165) is 39.0 Å². The van der Waals surface area contributed by atoms with Crippen LogP contribution < -0.4 is 11.0 Å². The quantitative estimate of drug-likeness (QED) is 0.883. The third kappa shape index (κ3) is 2.36. The minimum absolute atomic E-state index is 0.124. The Morgan fingerprint density at radius 2 is 1.95 bits per heavy atom. The number of nitrogens with one attached hydrogen (secondary N) is 2. The number of imidazole rings is 1. The van der Waals surface area contributed by atoms with Gasteiger partial charge in [0.2, 0.25) is 0 Å². The van der Waals surface area contributed by atoms with Gasteiger partial charge in [-0.3, -0.25) is 9.47 Å². The van der Waals surface area contributed by atoms with E-state index in [1.807, 2.05) is 0 Å². The number of piperidine rings is 1. The molecule has 0 amide bonds. The van der Waals surface area contributed by atoms with E-state index in [0.29, 0.717) is 17.1 Å². The van der Waals surface area contributed by atoms with E-state index in [1.54, 1.807) is 10.6 Å². The van der Waals surface area contributed by atoms with Crippen LogP contribution in [0.25, 0.3) is 11.0 Å². The van der Waals surface area contributed by atoms with Crippen molar-refractivity contribution in [3.8, 4) is 0 Å². The molecule has 118 valence electrons. The molecule has 0 radical (unpaired) electrons. The molecule has 2 N–H and O–H groups in total. The second-order valence-electron chi connectivity index (χ2n) is 6.38. The van der Waals surface area contributed by atoms with Crippen molar-refractivity contribution in [2.75, 3.05) is 26.2 Å². The van der Waals surface area contributed by atoms with Crippen molar-refractivity contribution in [3.63, 3.8) is 0 Å². The zero-order chi connectivity index (χ0) is 15.1. The molecule has 2 saturated heterocycles. The molecule has 0 unspecified atom stereocenters. The largest absolute Gasteiger partial charge is 0.326 e. The maximum atomic E-state index is 13.5. The molecule has 1 aromatic carbocycles. The predicted molar refractivity (Wildman–Crippen MR) is 83.6 cm³/mol. The van der Waals surface area contributed by atoms with Gasteiger partial charge in [-0.1, -0.05) is 0 Å². The summed E-state index contributed by atoms with van der Waals surface area (Å²) in [5.74, 6) is -0.297. The Hall–Kier alpha value is -1.66. The standard InChI is InChI=1S/C16H21FN4O/c17-11-1-2-14-15(9-11)21(16(22)19-14)12-4-7-20(8-5-12)13-3-6-18-10-13/h1-2,9,12-13,18H,3-8,10H2,(H,19,22)/t13-/m0/s1. The van der Waals surface area contributed by atoms with Crippen LogP contribution >= 0.6 is 0 Å². The maximum absolute atomic E-state index is 13.5. The number of hydrogen-bond donors (Lipinski definition) is 2. The van der Waals surface area contributed by atoms with Crippen molar-refractivity contribution in [1.82, 2.24) is 19.8 Å². The highest BCUT2D eigenvalue weighted by molar-refractivity contribution is 5.75. The molecule has 1 atom stereocenters. The van der Waals surface area contributed by atoms with Gasteiger partial charge in [0.05, 0.1) is 11.0 Å². The first-order valence-corrected chi connectivity index (χ1v) is 8.07. The predicted octanol–water partition coefficient (Wildman–Crippen LogP) is 1.47. The lowest BCUT2D eigenvalue weighted by atomic mass is 10.0. The highest BCUT2D eigenvalue weighted by atomic mass is 19.1. The molecular formula is C16H21FN4O. The summed E-state index contributed by atoms with van der Waals surface area (Å²) in [5, 5.41) is 3.40. The zero-order valence-electron chi connectivity index (χ0n) is 12.5. The van der Waals surface area contributed by atoms with Crippen molar-refractivity contribution in [1.29, 1.82) is 0 Å². The van der Waals surface area contributed by atoms with Crippen molar-refractivity contribution < 1.29 is 4.39 Å². The van der Waals surface area contributed by atoms with Crippen LogP contribution in [0.15, 0.2) is 23.0 Å². The second-order valence-corrected chi connectivity index (χ2v) is 6.38. The molecule has 2 aromatic rings. The second kappa shape index (κ2) is 5.52. The lowest BCUT2D eigenvalue weighted by Gasteiger charge is -2.36. The van der Waals surface area contributed by atoms with E-state index in [9.17, 15) is 9.18 Å². The van der Waals surface area contributed by atoms with Gasteiger partial charge in [0.25, 0.3) is 0 Å². The molecule has 2 aliphatic rings. The summed E-state index contributed by atoms with van der Waals surface area (Å²) >= 11 is 0. The van der Waals surface area contributed by atoms with E-state index in [2.05, 4.69) is 15.2 Å². The van der Waals surface area contributed by atoms with Gasteiger partial charge in [-0.2, -0.15) is 0 Å². The van der Waals surface area contributed by atoms with Crippen molar-refractivity contribution in [2.24, 2.45) is 0 Å². The number of benzene rings is 1. The molecule has 6 heteroatoms. The fourth-order valence-corrected chi connectivity index (χ4v) is 3.92. The fourth-order valence-electron chi connectivity index (χ4n) is 3.92. The molecule has 1 aromatic heterocycles. The van der Waals surface area contributed by atoms with Gasteiger partial charge >= 0.3 is 5.69 Å². The molecule has 2 aliphatic heterocycles. The Kier molecular flexibility index (Phi) is 3.50. The topological polar surface area (TPSA) is 53.1 Å². The van der Waals surface area contributed by atoms with Crippen molar-refractivity contribution >= 4 is 11.0 Å². The summed E-state index contributed by atoms with van der Waals surface area (Å²) in [4.78, 5) is 17.6. The molecule has 0 aliphatic carbocycles. The van der Waals surface area contributed by atoms with Crippen LogP contribution in [-0.2, 0) is 0 Å². The van der Waals surface area contributed by atoms with Gasteiger partial charge in [0.15, 0.2) is 0 Å². The Balaban J connectivity index is 1.57. The fraction of sp³-hybridized carbons (Fsp3) is 0.562. The van der Waals surface area contributed by atoms with E-state index < -0.39 is 0 Å². The molecule has 3 heterocycles. The summed E-state index contributed by atoms with van der Waals surface area (Å²) in [6.45, 7) is 4.19. The molecule has 4 rings (SSSR count). The summed E-state index contributed by atoms with van der Waals surface area (Å²) in [5.41, 5.74) is 1.28. The number of rotatable bonds is 2. The van der Waals surface area contributed by atoms with Crippen LogP contribution in [0.2, 0.25) is 0 Å². The zero-order valence-corrected chi connectivity index (χ0v) is 12.5. The summed E-state index contributed by atoms with van der Waals surface area (Å²) in [7, 11) is 0. The highest BCUT2D eigenvalue weighted by Crippen LogP contribution is 2.27. The Bertz CT molecular complexity index is 723. The number of aromatic nitrogens is 2. The number of likely N-dealkylation sites (tertiary alicyclic amines) is 1. The molecule has 5 nitrogen and oxygen atoms in total. The van der Waals surface area contributed by atoms with Crippen LogP contribution in [0.5, 0.6) is 0 Å². The molecule has 2 fully saturated rings. The smallest absolute Gasteiger partial charge is 0.315 e. The average molecular weight is 304 g/mol. The Labute approximate surface area is 128 Å². The minimum Gasteiger partial charge on any atom is -0.315 e. The Morgan fingerprint density at radius 1 is 1.14 bits per heavy atom. The number of H-pyrrole nitrogens is 1. The first-order chi connectivity index (χ1) is 10.7. The minimum atomic E-state index is -0.297. The van der Waals surface area contributed by atoms with Gasteiger partial charge in [-0.25, -0.2) is 9.18 Å². The number of aromatic amines is 1. The molecule has 0 bridgehead atoms. The van der Waals surface area contributed by atoms with Crippen LogP contribution in [-0.4, -0.2) is 46.7 Å². The number of hydrogen-bond acceptors (Lipinski definition) is 3. The lowest BCUT2D eigenvalue weighted by molar-refractivity contribution is 0.143. The normalized spacial score (nSPS) is 24.3. The van der Waals surface area contributed by atoms with Gasteiger partial charge < -0.3 is 10.3 Å². The van der Waals surface area contributed by atoms with Crippen LogP contribution in [0.4, 0.5) is 4.39 Å². The third-order valence-corrected chi connectivity index (χ3v) is 5.09. The van der Waals surface area contributed by atoms with Crippen molar-refractivity contribution in [3.05, 3.63) is 34.5 Å². The molecular weight excluding hydrogens is 283 g/mol. The average Bonchev–Trinajstić information content (AvgIpc) is 3.14. The first-order valence-electron chi connectivity index (χ1n) is 8.07. The van der Waals surface area contributed by atoms with Gasteiger partial charge in [0.1, 0.15) is 5.82 Å². The maximum Gasteiger partial charge on any atom is 0.326 e. The monoisotopic (exact) mass is 304 g/mol. The van der Waals surface area contributed by atoms with Crippen LogP contribution in [0, 0.1) is 5.82 Å². The van der Waals surface area contributed by atoms with E-state index in [1.165, 1.54) is 18.6 Å². The number of halogens is 1. The van der Waals surface area contributed by atoms with E-state index in [4.69, 9.17) is 0 Å². The van der Waals surface area contributed by atoms with Gasteiger partial charge in [-0.05, 0) is 44.0 Å². The van der Waals surface area contributed by atoms with E-state index in [-0.39, 0.29) is 17.5 Å². The van der Waals surface area contributed by atoms with Crippen molar-refractivity contribution in [2.45, 2.75) is 31.3 Å². The summed E-state index contributed by atoms with van der Waals surface area (Å²) in [6, 6.07) is 5.28. The van der Waals surface area contributed by atoms with Gasteiger partial charge in [0, 0.05) is 31.7 Å². The third-order valence-electron chi connectivity index (χ3n) is 5.09. The molecule has 22 heavy (non-hydrogen) atoms. The number of fused-ring (bicyclic) bond motifs is 1. The lowest BCUT2D eigenvalue weighted by Crippen LogP contribution is -2.43. The molecule has 0 saturated carbocycles. The van der Waals surface area contributed by atoms with Gasteiger partial charge in [-0.15, -0.1) is 0 Å². The molecule has 0 spiro atoms. The SMILES string of the molecule is O=c1[nH]c2ccc(F)cc2n1C1CCN([C@H]2CCNC2)CC1. The Morgan fingerprint density at radius 3 is 2.68 bits per heavy atom. The summed E-state index contributed by atoms with van der Waals surface area (Å²) < 4.78 is 15.3. The van der Waals surface area contributed by atoms with E-state index >= 15 is 0 Å². The first kappa shape index (κ1) is 14.0. The van der Waals surface area contributed by atoms with Crippen LogP contribution in [0.3, 0.4) is 0 Å². The number of nitrogens with zero attached hydrogens (tertiary/aromatic N) is 2.